The number of ether oxygens (including phenoxy) is 1. The van der Waals surface area contributed by atoms with Crippen LogP contribution in [-0.2, 0) is 9.53 Å². The normalized spacial score (nSPS) is 12.1. The zero-order chi connectivity index (χ0) is 15.2. The Bertz CT molecular complexity index is 610. The number of pyridine rings is 1. The molecule has 0 spiro atoms. The number of carbonyl (C=O) groups excluding carboxylic acids is 1. The molecule has 0 saturated heterocycles. The van der Waals surface area contributed by atoms with Gasteiger partial charge in [0.15, 0.2) is 0 Å². The fourth-order valence-electron chi connectivity index (χ4n) is 2.01. The Morgan fingerprint density at radius 3 is 2.90 bits per heavy atom. The van der Waals surface area contributed by atoms with Crippen molar-refractivity contribution in [2.75, 3.05) is 6.61 Å². The maximum Gasteiger partial charge on any atom is 0.318 e. The minimum Gasteiger partial charge on any atom is -0.465 e. The van der Waals surface area contributed by atoms with Crippen molar-refractivity contribution in [3.63, 3.8) is 0 Å². The first-order valence-corrected chi connectivity index (χ1v) is 7.09. The van der Waals surface area contributed by atoms with Crippen molar-refractivity contribution in [3.05, 3.63) is 29.8 Å². The van der Waals surface area contributed by atoms with Gasteiger partial charge in [-0.1, -0.05) is 18.5 Å². The molecule has 0 radical (unpaired) electrons. The van der Waals surface area contributed by atoms with Gasteiger partial charge in [-0.25, -0.2) is 0 Å². The first-order chi connectivity index (χ1) is 10.2. The van der Waals surface area contributed by atoms with Gasteiger partial charge in [-0.15, -0.1) is 0 Å². The third-order valence-electron chi connectivity index (χ3n) is 3.03. The van der Waals surface area contributed by atoms with E-state index in [2.05, 4.69) is 15.1 Å². The van der Waals surface area contributed by atoms with E-state index in [1.807, 2.05) is 26.0 Å². The molecule has 0 saturated carbocycles. The number of aromatic nitrogens is 3. The molecule has 112 valence electrons. The standard InChI is InChI=1S/C15H19N3O3/c1-4-6-11(15(19)20-5-2)14-17-13(18-21-14)12-9-10(3)7-8-16-12/h7-9,11H,4-6H2,1-3H3. The molecule has 0 amide bonds. The lowest BCUT2D eigenvalue weighted by Gasteiger charge is -2.09. The molecule has 1 unspecified atom stereocenters. The lowest BCUT2D eigenvalue weighted by molar-refractivity contribution is -0.145. The van der Waals surface area contributed by atoms with E-state index in [0.29, 0.717) is 24.5 Å². The predicted molar refractivity (Wildman–Crippen MR) is 76.5 cm³/mol. The van der Waals surface area contributed by atoms with Crippen LogP contribution in [0.2, 0.25) is 0 Å². The molecule has 0 aliphatic carbocycles. The van der Waals surface area contributed by atoms with Crippen molar-refractivity contribution in [2.45, 2.75) is 39.5 Å². The Balaban J connectivity index is 2.26. The van der Waals surface area contributed by atoms with Crippen LogP contribution in [0.25, 0.3) is 11.5 Å². The van der Waals surface area contributed by atoms with E-state index in [1.165, 1.54) is 0 Å². The third-order valence-corrected chi connectivity index (χ3v) is 3.03. The average Bonchev–Trinajstić information content (AvgIpc) is 2.94. The summed E-state index contributed by atoms with van der Waals surface area (Å²) in [7, 11) is 0. The summed E-state index contributed by atoms with van der Waals surface area (Å²) in [5.41, 5.74) is 1.69. The molecular weight excluding hydrogens is 270 g/mol. The van der Waals surface area contributed by atoms with E-state index in [4.69, 9.17) is 9.26 Å². The van der Waals surface area contributed by atoms with Crippen molar-refractivity contribution in [1.82, 2.24) is 15.1 Å². The predicted octanol–water partition coefficient (Wildman–Crippen LogP) is 2.89. The van der Waals surface area contributed by atoms with Crippen LogP contribution in [0.4, 0.5) is 0 Å². The molecule has 2 rings (SSSR count). The molecule has 2 aromatic heterocycles. The van der Waals surface area contributed by atoms with Gasteiger partial charge in [0.05, 0.1) is 6.61 Å². The summed E-state index contributed by atoms with van der Waals surface area (Å²) in [5, 5.41) is 3.92. The highest BCUT2D eigenvalue weighted by Gasteiger charge is 2.27. The zero-order valence-electron chi connectivity index (χ0n) is 12.5. The van der Waals surface area contributed by atoms with E-state index < -0.39 is 5.92 Å². The summed E-state index contributed by atoms with van der Waals surface area (Å²) < 4.78 is 10.3. The molecule has 6 nitrogen and oxygen atoms in total. The molecule has 2 aromatic rings. The number of hydrogen-bond acceptors (Lipinski definition) is 6. The van der Waals surface area contributed by atoms with Crippen molar-refractivity contribution in [3.8, 4) is 11.5 Å². The van der Waals surface area contributed by atoms with Gasteiger partial charge in [0.25, 0.3) is 0 Å². The van der Waals surface area contributed by atoms with Crippen molar-refractivity contribution in [2.24, 2.45) is 0 Å². The fraction of sp³-hybridized carbons (Fsp3) is 0.467. The summed E-state index contributed by atoms with van der Waals surface area (Å²) in [5.74, 6) is -0.166. The SMILES string of the molecule is CCCC(C(=O)OCC)c1nc(-c2cc(C)ccn2)no1. The largest absolute Gasteiger partial charge is 0.465 e. The van der Waals surface area contributed by atoms with Gasteiger partial charge in [-0.3, -0.25) is 9.78 Å². The Hall–Kier alpha value is -2.24. The summed E-state index contributed by atoms with van der Waals surface area (Å²) in [6.07, 6.45) is 3.13. The highest BCUT2D eigenvalue weighted by atomic mass is 16.5. The van der Waals surface area contributed by atoms with Crippen LogP contribution in [0.15, 0.2) is 22.9 Å². The van der Waals surface area contributed by atoms with E-state index in [1.54, 1.807) is 13.1 Å². The quantitative estimate of drug-likeness (QED) is 0.761. The highest BCUT2D eigenvalue weighted by molar-refractivity contribution is 5.76. The van der Waals surface area contributed by atoms with Crippen LogP contribution < -0.4 is 0 Å². The fourth-order valence-corrected chi connectivity index (χ4v) is 2.01. The molecular formula is C15H19N3O3. The van der Waals surface area contributed by atoms with Gasteiger partial charge in [-0.05, 0) is 38.0 Å². The van der Waals surface area contributed by atoms with E-state index in [9.17, 15) is 4.79 Å². The number of rotatable bonds is 6. The molecule has 0 bridgehead atoms. The summed E-state index contributed by atoms with van der Waals surface area (Å²) in [4.78, 5) is 20.5. The first kappa shape index (κ1) is 15.2. The van der Waals surface area contributed by atoms with E-state index in [-0.39, 0.29) is 11.9 Å². The first-order valence-electron chi connectivity index (χ1n) is 7.09. The summed E-state index contributed by atoms with van der Waals surface area (Å²) in [6, 6.07) is 3.76. The lowest BCUT2D eigenvalue weighted by atomic mass is 10.0. The molecule has 0 fully saturated rings. The molecule has 21 heavy (non-hydrogen) atoms. The molecule has 0 N–H and O–H groups in total. The minimum absolute atomic E-state index is 0.286. The second-order valence-electron chi connectivity index (χ2n) is 4.77. The molecule has 0 aliphatic rings. The van der Waals surface area contributed by atoms with Gasteiger partial charge < -0.3 is 9.26 Å². The smallest absolute Gasteiger partial charge is 0.318 e. The topological polar surface area (TPSA) is 78.1 Å². The highest BCUT2D eigenvalue weighted by Crippen LogP contribution is 2.24. The molecule has 2 heterocycles. The van der Waals surface area contributed by atoms with Crippen molar-refractivity contribution in [1.29, 1.82) is 0 Å². The van der Waals surface area contributed by atoms with Gasteiger partial charge in [0, 0.05) is 6.20 Å². The van der Waals surface area contributed by atoms with Crippen LogP contribution in [0.3, 0.4) is 0 Å². The van der Waals surface area contributed by atoms with Crippen LogP contribution >= 0.6 is 0 Å². The average molecular weight is 289 g/mol. The van der Waals surface area contributed by atoms with E-state index >= 15 is 0 Å². The monoisotopic (exact) mass is 289 g/mol. The van der Waals surface area contributed by atoms with E-state index in [0.717, 1.165) is 12.0 Å². The number of hydrogen-bond donors (Lipinski definition) is 0. The second-order valence-corrected chi connectivity index (χ2v) is 4.77. The number of aryl methyl sites for hydroxylation is 1. The van der Waals surface area contributed by atoms with Gasteiger partial charge in [0.2, 0.25) is 11.7 Å². The third kappa shape index (κ3) is 3.65. The number of esters is 1. The molecule has 0 aliphatic heterocycles. The molecule has 1 atom stereocenters. The Morgan fingerprint density at radius 2 is 2.24 bits per heavy atom. The Kier molecular flexibility index (Phi) is 5.03. The Labute approximate surface area is 123 Å². The van der Waals surface area contributed by atoms with Crippen molar-refractivity contribution >= 4 is 5.97 Å². The second kappa shape index (κ2) is 6.97. The lowest BCUT2D eigenvalue weighted by Crippen LogP contribution is -2.16. The van der Waals surface area contributed by atoms with Crippen LogP contribution in [0.5, 0.6) is 0 Å². The van der Waals surface area contributed by atoms with Crippen molar-refractivity contribution < 1.29 is 14.1 Å². The maximum absolute atomic E-state index is 12.0. The molecule has 6 heteroatoms. The zero-order valence-corrected chi connectivity index (χ0v) is 12.5. The van der Waals surface area contributed by atoms with Crippen LogP contribution in [-0.4, -0.2) is 27.7 Å². The van der Waals surface area contributed by atoms with Gasteiger partial charge in [0.1, 0.15) is 11.6 Å². The van der Waals surface area contributed by atoms with Gasteiger partial charge >= 0.3 is 5.97 Å². The van der Waals surface area contributed by atoms with Crippen LogP contribution in [0, 0.1) is 6.92 Å². The summed E-state index contributed by atoms with van der Waals surface area (Å²) >= 11 is 0. The number of carbonyl (C=O) groups is 1. The number of nitrogens with zero attached hydrogens (tertiary/aromatic N) is 3. The van der Waals surface area contributed by atoms with Gasteiger partial charge in [-0.2, -0.15) is 4.98 Å². The van der Waals surface area contributed by atoms with Crippen LogP contribution in [0.1, 0.15) is 44.1 Å². The minimum atomic E-state index is -0.513. The molecule has 0 aromatic carbocycles. The Morgan fingerprint density at radius 1 is 1.43 bits per heavy atom. The summed E-state index contributed by atoms with van der Waals surface area (Å²) in [6.45, 7) is 6.06. The maximum atomic E-state index is 12.0.